The molecule has 0 spiro atoms. The number of carbonyl (C=O) groups excluding carboxylic acids is 2. The summed E-state index contributed by atoms with van der Waals surface area (Å²) in [5.41, 5.74) is -1.65. The standard InChI is InChI=1S/C12H20O5/c1-5-12(15,11(14)17-7-3)8-9(4)10(13)16-6-2/h15H,4-8H2,1-3H3. The topological polar surface area (TPSA) is 72.8 Å². The van der Waals surface area contributed by atoms with E-state index in [1.807, 2.05) is 0 Å². The van der Waals surface area contributed by atoms with Gasteiger partial charge in [-0.25, -0.2) is 9.59 Å². The van der Waals surface area contributed by atoms with Crippen LogP contribution in [0.1, 0.15) is 33.6 Å². The normalized spacial score (nSPS) is 13.6. The molecule has 0 saturated carbocycles. The van der Waals surface area contributed by atoms with Gasteiger partial charge < -0.3 is 14.6 Å². The third kappa shape index (κ3) is 4.56. The summed E-state index contributed by atoms with van der Waals surface area (Å²) in [7, 11) is 0. The van der Waals surface area contributed by atoms with Gasteiger partial charge in [-0.1, -0.05) is 13.5 Å². The summed E-state index contributed by atoms with van der Waals surface area (Å²) < 4.78 is 9.49. The predicted molar refractivity (Wildman–Crippen MR) is 62.3 cm³/mol. The van der Waals surface area contributed by atoms with Crippen molar-refractivity contribution in [1.29, 1.82) is 0 Å². The van der Waals surface area contributed by atoms with Gasteiger partial charge in [-0.05, 0) is 20.3 Å². The number of hydrogen-bond donors (Lipinski definition) is 1. The van der Waals surface area contributed by atoms with Crippen molar-refractivity contribution >= 4 is 11.9 Å². The lowest BCUT2D eigenvalue weighted by atomic mass is 9.92. The highest BCUT2D eigenvalue weighted by molar-refractivity contribution is 5.90. The Kier molecular flexibility index (Phi) is 6.50. The fourth-order valence-electron chi connectivity index (χ4n) is 1.27. The highest BCUT2D eigenvalue weighted by Crippen LogP contribution is 2.22. The zero-order chi connectivity index (χ0) is 13.5. The molecule has 0 aromatic rings. The fourth-order valence-corrected chi connectivity index (χ4v) is 1.27. The molecule has 0 fully saturated rings. The molecule has 1 N–H and O–H groups in total. The van der Waals surface area contributed by atoms with E-state index in [0.717, 1.165) is 0 Å². The van der Waals surface area contributed by atoms with Gasteiger partial charge in [0, 0.05) is 12.0 Å². The smallest absolute Gasteiger partial charge is 0.338 e. The molecule has 0 aliphatic rings. The van der Waals surface area contributed by atoms with Crippen LogP contribution in [0.2, 0.25) is 0 Å². The summed E-state index contributed by atoms with van der Waals surface area (Å²) in [6.45, 7) is 8.85. The molecule has 5 heteroatoms. The highest BCUT2D eigenvalue weighted by Gasteiger charge is 2.37. The Balaban J connectivity index is 4.63. The van der Waals surface area contributed by atoms with E-state index < -0.39 is 17.5 Å². The van der Waals surface area contributed by atoms with Gasteiger partial charge in [0.05, 0.1) is 13.2 Å². The van der Waals surface area contributed by atoms with Crippen molar-refractivity contribution in [2.24, 2.45) is 0 Å². The first kappa shape index (κ1) is 15.6. The second-order valence-electron chi connectivity index (χ2n) is 3.61. The quantitative estimate of drug-likeness (QED) is 0.538. The Morgan fingerprint density at radius 3 is 2.12 bits per heavy atom. The summed E-state index contributed by atoms with van der Waals surface area (Å²) in [6, 6.07) is 0. The SMILES string of the molecule is C=C(CC(O)(CC)C(=O)OCC)C(=O)OCC. The van der Waals surface area contributed by atoms with E-state index in [1.54, 1.807) is 20.8 Å². The summed E-state index contributed by atoms with van der Waals surface area (Å²) in [6.07, 6.45) is -0.0363. The van der Waals surface area contributed by atoms with E-state index in [4.69, 9.17) is 9.47 Å². The molecule has 98 valence electrons. The van der Waals surface area contributed by atoms with E-state index in [9.17, 15) is 14.7 Å². The van der Waals surface area contributed by atoms with Gasteiger partial charge in [0.25, 0.3) is 0 Å². The minimum absolute atomic E-state index is 0.0595. The van der Waals surface area contributed by atoms with Crippen molar-refractivity contribution < 1.29 is 24.2 Å². The van der Waals surface area contributed by atoms with Crippen LogP contribution < -0.4 is 0 Å². The van der Waals surface area contributed by atoms with Crippen molar-refractivity contribution in [1.82, 2.24) is 0 Å². The minimum atomic E-state index is -1.71. The van der Waals surface area contributed by atoms with Gasteiger partial charge in [0.15, 0.2) is 5.60 Å². The Morgan fingerprint density at radius 2 is 1.71 bits per heavy atom. The first-order valence-corrected chi connectivity index (χ1v) is 5.65. The molecule has 17 heavy (non-hydrogen) atoms. The Labute approximate surface area is 101 Å². The average Bonchev–Trinajstić information content (AvgIpc) is 2.29. The van der Waals surface area contributed by atoms with Gasteiger partial charge in [0.2, 0.25) is 0 Å². The first-order chi connectivity index (χ1) is 7.91. The fraction of sp³-hybridized carbons (Fsp3) is 0.667. The molecular weight excluding hydrogens is 224 g/mol. The molecule has 0 aromatic carbocycles. The zero-order valence-electron chi connectivity index (χ0n) is 10.6. The van der Waals surface area contributed by atoms with E-state index >= 15 is 0 Å². The molecule has 1 unspecified atom stereocenters. The molecule has 0 rings (SSSR count). The third-order valence-corrected chi connectivity index (χ3v) is 2.31. The van der Waals surface area contributed by atoms with Crippen LogP contribution in [0.4, 0.5) is 0 Å². The van der Waals surface area contributed by atoms with E-state index in [2.05, 4.69) is 6.58 Å². The number of ether oxygens (including phenoxy) is 2. The monoisotopic (exact) mass is 244 g/mol. The molecule has 5 nitrogen and oxygen atoms in total. The maximum Gasteiger partial charge on any atom is 0.338 e. The van der Waals surface area contributed by atoms with Crippen LogP contribution in [0.3, 0.4) is 0 Å². The highest BCUT2D eigenvalue weighted by atomic mass is 16.5. The number of hydrogen-bond acceptors (Lipinski definition) is 5. The lowest BCUT2D eigenvalue weighted by Crippen LogP contribution is -2.40. The maximum atomic E-state index is 11.5. The van der Waals surface area contributed by atoms with E-state index in [1.165, 1.54) is 0 Å². The van der Waals surface area contributed by atoms with Crippen LogP contribution in [0.15, 0.2) is 12.2 Å². The van der Waals surface area contributed by atoms with Crippen molar-refractivity contribution in [2.75, 3.05) is 13.2 Å². The molecule has 0 heterocycles. The molecule has 0 aliphatic carbocycles. The van der Waals surface area contributed by atoms with Crippen molar-refractivity contribution in [3.05, 3.63) is 12.2 Å². The Bertz CT molecular complexity index is 297. The van der Waals surface area contributed by atoms with Gasteiger partial charge in [-0.15, -0.1) is 0 Å². The first-order valence-electron chi connectivity index (χ1n) is 5.65. The van der Waals surface area contributed by atoms with Gasteiger partial charge in [-0.3, -0.25) is 0 Å². The van der Waals surface area contributed by atoms with Crippen LogP contribution in [0.25, 0.3) is 0 Å². The molecule has 0 saturated heterocycles. The largest absolute Gasteiger partial charge is 0.464 e. The van der Waals surface area contributed by atoms with Crippen molar-refractivity contribution in [2.45, 2.75) is 39.2 Å². The van der Waals surface area contributed by atoms with Crippen LogP contribution in [-0.2, 0) is 19.1 Å². The number of rotatable bonds is 7. The molecule has 0 aromatic heterocycles. The minimum Gasteiger partial charge on any atom is -0.464 e. The van der Waals surface area contributed by atoms with Crippen molar-refractivity contribution in [3.8, 4) is 0 Å². The number of aliphatic hydroxyl groups is 1. The summed E-state index contributed by atoms with van der Waals surface area (Å²) >= 11 is 0. The molecular formula is C12H20O5. The summed E-state index contributed by atoms with van der Waals surface area (Å²) in [5, 5.41) is 10.1. The van der Waals surface area contributed by atoms with Crippen molar-refractivity contribution in [3.63, 3.8) is 0 Å². The molecule has 0 bridgehead atoms. The lowest BCUT2D eigenvalue weighted by Gasteiger charge is -2.24. The third-order valence-electron chi connectivity index (χ3n) is 2.31. The van der Waals surface area contributed by atoms with Crippen LogP contribution in [0, 0.1) is 0 Å². The summed E-state index contributed by atoms with van der Waals surface area (Å²) in [5.74, 6) is -1.35. The van der Waals surface area contributed by atoms with Gasteiger partial charge in [0.1, 0.15) is 0 Å². The summed E-state index contributed by atoms with van der Waals surface area (Å²) in [4.78, 5) is 22.9. The van der Waals surface area contributed by atoms with Gasteiger partial charge >= 0.3 is 11.9 Å². The Morgan fingerprint density at radius 1 is 1.18 bits per heavy atom. The molecule has 0 radical (unpaired) electrons. The zero-order valence-corrected chi connectivity index (χ0v) is 10.6. The lowest BCUT2D eigenvalue weighted by molar-refractivity contribution is -0.165. The van der Waals surface area contributed by atoms with E-state index in [0.29, 0.717) is 0 Å². The van der Waals surface area contributed by atoms with Gasteiger partial charge in [-0.2, -0.15) is 0 Å². The maximum absolute atomic E-state index is 11.5. The average molecular weight is 244 g/mol. The Hall–Kier alpha value is -1.36. The van der Waals surface area contributed by atoms with Crippen LogP contribution >= 0.6 is 0 Å². The van der Waals surface area contributed by atoms with Crippen LogP contribution in [0.5, 0.6) is 0 Å². The number of esters is 2. The second kappa shape index (κ2) is 7.06. The molecule has 0 amide bonds. The molecule has 0 aliphatic heterocycles. The predicted octanol–water partition coefficient (Wildman–Crippen LogP) is 1.20. The second-order valence-corrected chi connectivity index (χ2v) is 3.61. The van der Waals surface area contributed by atoms with Crippen LogP contribution in [-0.4, -0.2) is 35.9 Å². The number of carbonyl (C=O) groups is 2. The van der Waals surface area contributed by atoms with E-state index in [-0.39, 0.29) is 31.6 Å². The molecule has 1 atom stereocenters.